The minimum absolute atomic E-state index is 0.0432. The number of benzene rings is 5. The molecule has 1 saturated heterocycles. The molecule has 2 aromatic heterocycles. The van der Waals surface area contributed by atoms with Crippen LogP contribution in [0.3, 0.4) is 0 Å². The van der Waals surface area contributed by atoms with E-state index in [4.69, 9.17) is 39.9 Å². The van der Waals surface area contributed by atoms with E-state index in [1.165, 1.54) is 4.67 Å². The van der Waals surface area contributed by atoms with Gasteiger partial charge >= 0.3 is 12.8 Å². The van der Waals surface area contributed by atoms with Crippen LogP contribution in [-0.4, -0.2) is 75.9 Å². The van der Waals surface area contributed by atoms with Crippen molar-refractivity contribution in [2.75, 3.05) is 39.1 Å². The highest BCUT2D eigenvalue weighted by Crippen LogP contribution is 2.54. The van der Waals surface area contributed by atoms with Gasteiger partial charge in [0, 0.05) is 19.3 Å². The number of rotatable bonds is 16. The first-order valence-corrected chi connectivity index (χ1v) is 24.5. The summed E-state index contributed by atoms with van der Waals surface area (Å²) in [6, 6.07) is 49.4. The second-order valence-corrected chi connectivity index (χ2v) is 20.9. The molecule has 13 nitrogen and oxygen atoms in total. The summed E-state index contributed by atoms with van der Waals surface area (Å²) in [7, 11) is 3.22. The van der Waals surface area contributed by atoms with Crippen molar-refractivity contribution in [3.05, 3.63) is 186 Å². The van der Waals surface area contributed by atoms with Gasteiger partial charge in [-0.25, -0.2) is 4.67 Å². The summed E-state index contributed by atoms with van der Waals surface area (Å²) >= 11 is 6.46. The maximum absolute atomic E-state index is 13.5. The summed E-state index contributed by atoms with van der Waals surface area (Å²) in [5.74, 6) is 0.0494. The van der Waals surface area contributed by atoms with Gasteiger partial charge in [0.25, 0.3) is 0 Å². The Morgan fingerprint density at radius 1 is 0.776 bits per heavy atom. The van der Waals surface area contributed by atoms with Crippen molar-refractivity contribution in [2.45, 2.75) is 51.7 Å². The average Bonchev–Trinajstić information content (AvgIpc) is 3.76. The molecule has 7 aromatic rings. The first kappa shape index (κ1) is 47.3. The molecule has 0 radical (unpaired) electrons. The van der Waals surface area contributed by atoms with Crippen LogP contribution in [0.1, 0.15) is 54.8 Å². The fourth-order valence-corrected chi connectivity index (χ4v) is 8.88. The molecule has 5 aromatic carbocycles. The molecular formula is C52H54ClN6O7P. The van der Waals surface area contributed by atoms with Gasteiger partial charge in [0.15, 0.2) is 5.65 Å². The number of morpholine rings is 1. The number of hydrogen-bond donors (Lipinski definition) is 1. The minimum Gasteiger partial charge on any atom is -0.472 e. The summed E-state index contributed by atoms with van der Waals surface area (Å²) in [4.78, 5) is 38.1. The van der Waals surface area contributed by atoms with Crippen molar-refractivity contribution in [1.82, 2.24) is 24.1 Å². The number of ether oxygens (including phenoxy) is 3. The van der Waals surface area contributed by atoms with E-state index in [0.29, 0.717) is 29.9 Å². The van der Waals surface area contributed by atoms with Gasteiger partial charge in [-0.1, -0.05) is 133 Å². The Morgan fingerprint density at radius 2 is 1.34 bits per heavy atom. The zero-order valence-corrected chi connectivity index (χ0v) is 39.8. The van der Waals surface area contributed by atoms with Gasteiger partial charge in [0.1, 0.15) is 18.6 Å². The van der Waals surface area contributed by atoms with Crippen LogP contribution in [0, 0.1) is 5.41 Å². The van der Waals surface area contributed by atoms with E-state index in [1.54, 1.807) is 47.0 Å². The Kier molecular flexibility index (Phi) is 14.4. The predicted octanol–water partition coefficient (Wildman–Crippen LogP) is 10.3. The van der Waals surface area contributed by atoms with Crippen molar-refractivity contribution in [1.29, 1.82) is 0 Å². The van der Waals surface area contributed by atoms with E-state index in [2.05, 4.69) is 46.6 Å². The monoisotopic (exact) mass is 940 g/mol. The molecule has 0 bridgehead atoms. The first-order valence-electron chi connectivity index (χ1n) is 22.1. The number of anilines is 1. The number of hydrogen-bond acceptors (Lipinski definition) is 10. The lowest BCUT2D eigenvalue weighted by Gasteiger charge is -2.50. The Morgan fingerprint density at radius 3 is 1.90 bits per heavy atom. The van der Waals surface area contributed by atoms with Crippen molar-refractivity contribution < 1.29 is 32.9 Å². The minimum atomic E-state index is -3.69. The lowest BCUT2D eigenvalue weighted by Crippen LogP contribution is -2.57. The van der Waals surface area contributed by atoms with Gasteiger partial charge < -0.3 is 23.3 Å². The van der Waals surface area contributed by atoms with Crippen LogP contribution in [0.25, 0.3) is 11.0 Å². The van der Waals surface area contributed by atoms with Crippen LogP contribution in [0.2, 0.25) is 0 Å². The maximum Gasteiger partial charge on any atom is 0.362 e. The van der Waals surface area contributed by atoms with Crippen LogP contribution in [0.4, 0.5) is 5.95 Å². The number of halogens is 1. The highest BCUT2D eigenvalue weighted by molar-refractivity contribution is 7.83. The van der Waals surface area contributed by atoms with E-state index in [9.17, 15) is 14.2 Å². The van der Waals surface area contributed by atoms with E-state index in [-0.39, 0.29) is 43.3 Å². The standard InChI is InChI=1S/C52H54ClN6O7P/c1-51(2,3)49(61)66-42-28-26-38(27-29-42)35-63-48-44-30-31-59(47(44)55-50(56-48)54-45(60)32-37-18-10-6-11-19-37)46-34-58(33-43(65-46)36-64-67(53,62)57(4)5)52(39-20-12-7-13-21-39,40-22-14-8-15-23-40)41-24-16-9-17-25-41/h6-31,43,46H,32-36H2,1-5H3,(H,54,55,56,60)/t43-,46+,67?/m0/s1. The summed E-state index contributed by atoms with van der Waals surface area (Å²) in [6.07, 6.45) is 0.606. The largest absolute Gasteiger partial charge is 0.472 e. The Bertz CT molecular complexity index is 2730. The number of aromatic nitrogens is 3. The molecule has 15 heteroatoms. The van der Waals surface area contributed by atoms with Gasteiger partial charge in [0.2, 0.25) is 17.7 Å². The third-order valence-corrected chi connectivity index (χ3v) is 14.1. The van der Waals surface area contributed by atoms with Gasteiger partial charge in [-0.2, -0.15) is 9.97 Å². The molecule has 0 saturated carbocycles. The topological polar surface area (TPSA) is 137 Å². The number of fused-ring (bicyclic) bond motifs is 1. The smallest absolute Gasteiger partial charge is 0.362 e. The summed E-state index contributed by atoms with van der Waals surface area (Å²) in [5.41, 5.74) is 3.65. The zero-order chi connectivity index (χ0) is 47.2. The highest BCUT2D eigenvalue weighted by Gasteiger charge is 2.47. The second kappa shape index (κ2) is 20.4. The fraction of sp³-hybridized carbons (Fsp3) is 0.269. The molecule has 1 unspecified atom stereocenters. The Balaban J connectivity index is 1.21. The van der Waals surface area contributed by atoms with E-state index in [0.717, 1.165) is 27.8 Å². The third kappa shape index (κ3) is 10.8. The molecule has 67 heavy (non-hydrogen) atoms. The molecule has 1 fully saturated rings. The molecule has 346 valence electrons. The van der Waals surface area contributed by atoms with Crippen molar-refractivity contribution in [3.63, 3.8) is 0 Å². The van der Waals surface area contributed by atoms with E-state index in [1.807, 2.05) is 114 Å². The zero-order valence-electron chi connectivity index (χ0n) is 38.1. The SMILES string of the molecule is CN(C)P(=O)(Cl)OC[C@@H]1CN(C(c2ccccc2)(c2ccccc2)c2ccccc2)C[C@H](n2ccc3c(OCc4ccc(OC(=O)C(C)(C)C)cc4)nc(NC(=O)Cc4ccccc4)nc32)O1. The average molecular weight is 941 g/mol. The predicted molar refractivity (Wildman–Crippen MR) is 260 cm³/mol. The first-order chi connectivity index (χ1) is 32.2. The summed E-state index contributed by atoms with van der Waals surface area (Å²) in [5, 5.41) is 3.48. The number of nitrogens with one attached hydrogen (secondary N) is 1. The Labute approximate surface area is 395 Å². The van der Waals surface area contributed by atoms with Crippen molar-refractivity contribution in [3.8, 4) is 11.6 Å². The number of carbonyl (C=O) groups is 2. The molecule has 1 aliphatic rings. The van der Waals surface area contributed by atoms with Crippen molar-refractivity contribution in [2.24, 2.45) is 5.41 Å². The molecule has 1 N–H and O–H groups in total. The van der Waals surface area contributed by atoms with Crippen molar-refractivity contribution >= 4 is 47.0 Å². The van der Waals surface area contributed by atoms with Crippen LogP contribution in [-0.2, 0) is 42.0 Å². The molecule has 3 atom stereocenters. The van der Waals surface area contributed by atoms with Crippen LogP contribution in [0.5, 0.6) is 11.6 Å². The maximum atomic E-state index is 13.5. The second-order valence-electron chi connectivity index (χ2n) is 17.6. The molecule has 3 heterocycles. The van der Waals surface area contributed by atoms with E-state index >= 15 is 0 Å². The van der Waals surface area contributed by atoms with Gasteiger partial charge in [-0.3, -0.25) is 24.4 Å². The van der Waals surface area contributed by atoms with E-state index < -0.39 is 30.2 Å². The lowest BCUT2D eigenvalue weighted by atomic mass is 9.75. The van der Waals surface area contributed by atoms with Gasteiger partial charge in [-0.05, 0) is 92.1 Å². The normalized spacial score (nSPS) is 16.6. The number of esters is 1. The third-order valence-electron chi connectivity index (χ3n) is 11.5. The molecule has 8 rings (SSSR count). The van der Waals surface area contributed by atoms with Gasteiger partial charge in [-0.15, -0.1) is 0 Å². The lowest BCUT2D eigenvalue weighted by molar-refractivity contribution is -0.145. The number of amides is 1. The van der Waals surface area contributed by atoms with Crippen LogP contribution < -0.4 is 14.8 Å². The number of carbonyl (C=O) groups excluding carboxylic acids is 2. The summed E-state index contributed by atoms with van der Waals surface area (Å²) < 4.78 is 41.7. The Hall–Kier alpha value is -6.18. The molecule has 1 aliphatic heterocycles. The molecule has 1 amide bonds. The van der Waals surface area contributed by atoms with Crippen LogP contribution >= 0.6 is 18.1 Å². The van der Waals surface area contributed by atoms with Gasteiger partial charge in [0.05, 0.1) is 35.5 Å². The fourth-order valence-electron chi connectivity index (χ4n) is 8.13. The quantitative estimate of drug-likeness (QED) is 0.0429. The van der Waals surface area contributed by atoms with Crippen LogP contribution in [0.15, 0.2) is 158 Å². The number of nitrogens with zero attached hydrogens (tertiary/aromatic N) is 5. The molecule has 0 spiro atoms. The molecule has 0 aliphatic carbocycles. The molecular weight excluding hydrogens is 887 g/mol. The summed E-state index contributed by atoms with van der Waals surface area (Å²) in [6.45, 7) is 2.43. The highest BCUT2D eigenvalue weighted by atomic mass is 35.7.